The number of rotatable bonds is 6. The number of aromatic nitrogens is 1. The summed E-state index contributed by atoms with van der Waals surface area (Å²) in [4.78, 5) is 7.86. The minimum Gasteiger partial charge on any atom is -0.467 e. The molecule has 1 N–H and O–H groups in total. The molecule has 0 bridgehead atoms. The van der Waals surface area contributed by atoms with Crippen LogP contribution in [0, 0.1) is 0 Å². The highest BCUT2D eigenvalue weighted by atomic mass is 32.1. The van der Waals surface area contributed by atoms with Gasteiger partial charge in [-0.05, 0) is 49.4 Å². The van der Waals surface area contributed by atoms with E-state index in [4.69, 9.17) is 8.83 Å². The molecule has 1 aliphatic rings. The molecule has 0 radical (unpaired) electrons. The smallest absolute Gasteiger partial charge is 0.209 e. The molecule has 24 heavy (non-hydrogen) atoms. The van der Waals surface area contributed by atoms with Crippen LogP contribution >= 0.6 is 11.3 Å². The summed E-state index contributed by atoms with van der Waals surface area (Å²) in [5.74, 6) is 2.20. The first-order valence-corrected chi connectivity index (χ1v) is 9.11. The molecule has 0 aromatic carbocycles. The van der Waals surface area contributed by atoms with Gasteiger partial charge in [-0.2, -0.15) is 0 Å². The van der Waals surface area contributed by atoms with E-state index >= 15 is 0 Å². The van der Waals surface area contributed by atoms with E-state index in [1.54, 1.807) is 23.8 Å². The first kappa shape index (κ1) is 15.6. The number of likely N-dealkylation sites (tertiary alicyclic amines) is 1. The molecule has 5 nitrogen and oxygen atoms in total. The highest BCUT2D eigenvalue weighted by Crippen LogP contribution is 2.30. The molecule has 6 heteroatoms. The molecule has 2 unspecified atom stereocenters. The van der Waals surface area contributed by atoms with Crippen molar-refractivity contribution in [2.75, 3.05) is 6.54 Å². The molecule has 4 heterocycles. The molecule has 126 valence electrons. The fraction of sp³-hybridized carbons (Fsp3) is 0.389. The van der Waals surface area contributed by atoms with E-state index in [9.17, 15) is 5.11 Å². The van der Waals surface area contributed by atoms with Crippen molar-refractivity contribution in [2.24, 2.45) is 0 Å². The Morgan fingerprint density at radius 3 is 3.12 bits per heavy atom. The molecule has 3 aromatic rings. The summed E-state index contributed by atoms with van der Waals surface area (Å²) >= 11 is 1.65. The van der Waals surface area contributed by atoms with Gasteiger partial charge in [-0.3, -0.25) is 4.90 Å². The SMILES string of the molecule is OC(CC1CCCN1Cc1ncc(-c2cccs2)o1)c1ccco1. The zero-order valence-corrected chi connectivity index (χ0v) is 14.1. The minimum atomic E-state index is -0.558. The van der Waals surface area contributed by atoms with Crippen LogP contribution in [0.5, 0.6) is 0 Å². The second-order valence-electron chi connectivity index (χ2n) is 6.13. The largest absolute Gasteiger partial charge is 0.467 e. The lowest BCUT2D eigenvalue weighted by molar-refractivity contribution is 0.0965. The fourth-order valence-corrected chi connectivity index (χ4v) is 3.99. The quantitative estimate of drug-likeness (QED) is 0.730. The number of furan rings is 1. The number of aliphatic hydroxyl groups excluding tert-OH is 1. The maximum Gasteiger partial charge on any atom is 0.209 e. The van der Waals surface area contributed by atoms with Crippen molar-refractivity contribution in [3.63, 3.8) is 0 Å². The van der Waals surface area contributed by atoms with Crippen molar-refractivity contribution < 1.29 is 13.9 Å². The van der Waals surface area contributed by atoms with Crippen LogP contribution in [-0.2, 0) is 6.54 Å². The summed E-state index contributed by atoms with van der Waals surface area (Å²) in [6.45, 7) is 1.69. The standard InChI is InChI=1S/C18H20N2O3S/c21-14(15-5-2-8-22-15)10-13-4-1-7-20(13)12-18-19-11-16(23-18)17-6-3-9-24-17/h2-3,5-6,8-9,11,13-14,21H,1,4,7,10,12H2. The first-order chi connectivity index (χ1) is 11.8. The lowest BCUT2D eigenvalue weighted by Crippen LogP contribution is -2.30. The van der Waals surface area contributed by atoms with E-state index in [2.05, 4.69) is 9.88 Å². The number of oxazole rings is 1. The van der Waals surface area contributed by atoms with E-state index in [-0.39, 0.29) is 0 Å². The van der Waals surface area contributed by atoms with Crippen LogP contribution in [0.3, 0.4) is 0 Å². The molecule has 1 saturated heterocycles. The third kappa shape index (κ3) is 3.31. The zero-order valence-electron chi connectivity index (χ0n) is 13.3. The molecule has 0 spiro atoms. The summed E-state index contributed by atoms with van der Waals surface area (Å²) in [5.41, 5.74) is 0. The fourth-order valence-electron chi connectivity index (χ4n) is 3.31. The van der Waals surface area contributed by atoms with Crippen LogP contribution in [0.2, 0.25) is 0 Å². The Hall–Kier alpha value is -1.89. The molecular formula is C18H20N2O3S. The number of hydrogen-bond donors (Lipinski definition) is 1. The lowest BCUT2D eigenvalue weighted by atomic mass is 10.1. The van der Waals surface area contributed by atoms with Gasteiger partial charge < -0.3 is 13.9 Å². The van der Waals surface area contributed by atoms with Gasteiger partial charge in [0.25, 0.3) is 0 Å². The van der Waals surface area contributed by atoms with Crippen molar-refractivity contribution in [3.8, 4) is 10.6 Å². The number of thiophene rings is 1. The van der Waals surface area contributed by atoms with Crippen LogP contribution in [0.25, 0.3) is 10.6 Å². The van der Waals surface area contributed by atoms with Gasteiger partial charge in [0, 0.05) is 6.04 Å². The molecular weight excluding hydrogens is 324 g/mol. The van der Waals surface area contributed by atoms with Gasteiger partial charge in [0.1, 0.15) is 11.9 Å². The van der Waals surface area contributed by atoms with Crippen LogP contribution in [0.15, 0.2) is 50.9 Å². The highest BCUT2D eigenvalue weighted by Gasteiger charge is 2.29. The topological polar surface area (TPSA) is 62.6 Å². The summed E-state index contributed by atoms with van der Waals surface area (Å²) in [5, 5.41) is 12.4. The van der Waals surface area contributed by atoms with Crippen molar-refractivity contribution in [1.29, 1.82) is 0 Å². The van der Waals surface area contributed by atoms with Crippen LogP contribution in [0.1, 0.15) is 37.0 Å². The van der Waals surface area contributed by atoms with Crippen LogP contribution < -0.4 is 0 Å². The second kappa shape index (κ2) is 6.93. The zero-order chi connectivity index (χ0) is 16.4. The molecule has 0 saturated carbocycles. The average Bonchev–Trinajstić information content (AvgIpc) is 3.37. The van der Waals surface area contributed by atoms with Gasteiger partial charge in [-0.15, -0.1) is 11.3 Å². The normalized spacial score (nSPS) is 19.8. The molecule has 1 fully saturated rings. The summed E-state index contributed by atoms with van der Waals surface area (Å²) < 4.78 is 11.2. The Bertz CT molecular complexity index is 751. The number of nitrogens with zero attached hydrogens (tertiary/aromatic N) is 2. The molecule has 4 rings (SSSR count). The lowest BCUT2D eigenvalue weighted by Gasteiger charge is -2.24. The van der Waals surface area contributed by atoms with Gasteiger partial charge in [-0.25, -0.2) is 4.98 Å². The molecule has 0 aliphatic carbocycles. The van der Waals surface area contributed by atoms with Gasteiger partial charge in [-0.1, -0.05) is 6.07 Å². The Kier molecular flexibility index (Phi) is 4.51. The summed E-state index contributed by atoms with van der Waals surface area (Å²) in [6.07, 6.45) is 5.72. The Morgan fingerprint density at radius 1 is 1.38 bits per heavy atom. The minimum absolute atomic E-state index is 0.321. The average molecular weight is 344 g/mol. The molecule has 1 aliphatic heterocycles. The third-order valence-corrected chi connectivity index (χ3v) is 5.41. The number of hydrogen-bond acceptors (Lipinski definition) is 6. The van der Waals surface area contributed by atoms with Crippen molar-refractivity contribution in [3.05, 3.63) is 53.8 Å². The van der Waals surface area contributed by atoms with E-state index < -0.39 is 6.10 Å². The van der Waals surface area contributed by atoms with Crippen LogP contribution in [0.4, 0.5) is 0 Å². The Balaban J connectivity index is 1.40. The monoisotopic (exact) mass is 344 g/mol. The molecule has 2 atom stereocenters. The maximum atomic E-state index is 10.3. The van der Waals surface area contributed by atoms with Gasteiger partial charge in [0.2, 0.25) is 5.89 Å². The maximum absolute atomic E-state index is 10.3. The predicted octanol–water partition coefficient (Wildman–Crippen LogP) is 4.08. The molecule has 3 aromatic heterocycles. The summed E-state index contributed by atoms with van der Waals surface area (Å²) in [7, 11) is 0. The number of aliphatic hydroxyl groups is 1. The van der Waals surface area contributed by atoms with E-state index in [1.807, 2.05) is 29.6 Å². The second-order valence-corrected chi connectivity index (χ2v) is 7.08. The van der Waals surface area contributed by atoms with Crippen molar-refractivity contribution in [2.45, 2.75) is 38.0 Å². The molecule has 0 amide bonds. The van der Waals surface area contributed by atoms with Gasteiger partial charge in [0.05, 0.1) is 23.9 Å². The Morgan fingerprint density at radius 2 is 2.33 bits per heavy atom. The summed E-state index contributed by atoms with van der Waals surface area (Å²) in [6, 6.07) is 8.00. The van der Waals surface area contributed by atoms with Gasteiger partial charge in [0.15, 0.2) is 5.76 Å². The third-order valence-electron chi connectivity index (χ3n) is 4.52. The van der Waals surface area contributed by atoms with Gasteiger partial charge >= 0.3 is 0 Å². The Labute approximate surface area is 144 Å². The highest BCUT2D eigenvalue weighted by molar-refractivity contribution is 7.13. The van der Waals surface area contributed by atoms with E-state index in [0.29, 0.717) is 24.8 Å². The van der Waals surface area contributed by atoms with E-state index in [1.165, 1.54) is 0 Å². The van der Waals surface area contributed by atoms with E-state index in [0.717, 1.165) is 35.9 Å². The van der Waals surface area contributed by atoms with Crippen molar-refractivity contribution >= 4 is 11.3 Å². The first-order valence-electron chi connectivity index (χ1n) is 8.23. The van der Waals surface area contributed by atoms with Crippen LogP contribution in [-0.4, -0.2) is 27.6 Å². The predicted molar refractivity (Wildman–Crippen MR) is 91.5 cm³/mol. The van der Waals surface area contributed by atoms with Crippen molar-refractivity contribution in [1.82, 2.24) is 9.88 Å².